The fourth-order valence-corrected chi connectivity index (χ4v) is 4.41. The first-order valence-corrected chi connectivity index (χ1v) is 10.5. The molecule has 30 heavy (non-hydrogen) atoms. The molecule has 2 aliphatic rings. The molecular weight excluding hydrogens is 380 g/mol. The summed E-state index contributed by atoms with van der Waals surface area (Å²) >= 11 is 0. The zero-order valence-corrected chi connectivity index (χ0v) is 17.2. The van der Waals surface area contributed by atoms with Crippen LogP contribution >= 0.6 is 0 Å². The lowest BCUT2D eigenvalue weighted by molar-refractivity contribution is 0.0594. The van der Waals surface area contributed by atoms with Crippen LogP contribution in [0.15, 0.2) is 46.9 Å². The van der Waals surface area contributed by atoms with Gasteiger partial charge < -0.3 is 18.8 Å². The number of methoxy groups -OCH3 is 1. The van der Waals surface area contributed by atoms with Gasteiger partial charge in [-0.15, -0.1) is 0 Å². The molecule has 0 saturated carbocycles. The summed E-state index contributed by atoms with van der Waals surface area (Å²) in [6.07, 6.45) is 0.993. The van der Waals surface area contributed by atoms with Gasteiger partial charge in [0, 0.05) is 57.2 Å². The predicted molar refractivity (Wildman–Crippen MR) is 114 cm³/mol. The van der Waals surface area contributed by atoms with E-state index in [1.165, 1.54) is 11.1 Å². The number of hydrogen-bond acceptors (Lipinski definition) is 5. The molecule has 0 spiro atoms. The first kappa shape index (κ1) is 19.2. The maximum atomic E-state index is 13.2. The average molecular weight is 406 g/mol. The molecule has 3 aromatic rings. The summed E-state index contributed by atoms with van der Waals surface area (Å²) in [5, 5.41) is 0.946. The van der Waals surface area contributed by atoms with E-state index in [0.717, 1.165) is 54.9 Å². The third-order valence-corrected chi connectivity index (χ3v) is 6.00. The summed E-state index contributed by atoms with van der Waals surface area (Å²) in [7, 11) is 1.64. The monoisotopic (exact) mass is 406 g/mol. The minimum atomic E-state index is -0.0485. The molecule has 0 unspecified atom stereocenters. The van der Waals surface area contributed by atoms with E-state index in [1.807, 2.05) is 29.2 Å². The van der Waals surface area contributed by atoms with E-state index in [1.54, 1.807) is 7.11 Å². The Bertz CT molecular complexity index is 1070. The first-order chi connectivity index (χ1) is 14.7. The van der Waals surface area contributed by atoms with E-state index in [4.69, 9.17) is 13.9 Å². The molecule has 3 heterocycles. The highest BCUT2D eigenvalue weighted by Gasteiger charge is 2.28. The number of carbonyl (C=O) groups excluding carboxylic acids is 1. The lowest BCUT2D eigenvalue weighted by Crippen LogP contribution is -2.48. The number of carbonyl (C=O) groups is 1. The Hall–Kier alpha value is -2.83. The van der Waals surface area contributed by atoms with Crippen LogP contribution in [-0.4, -0.2) is 55.6 Å². The van der Waals surface area contributed by atoms with Gasteiger partial charge >= 0.3 is 0 Å². The Kier molecular flexibility index (Phi) is 5.19. The van der Waals surface area contributed by atoms with Crippen molar-refractivity contribution in [1.82, 2.24) is 9.80 Å². The van der Waals surface area contributed by atoms with Gasteiger partial charge in [-0.25, -0.2) is 0 Å². The fraction of sp³-hybridized carbons (Fsp3) is 0.375. The summed E-state index contributed by atoms with van der Waals surface area (Å²) in [6, 6.07) is 14.2. The van der Waals surface area contributed by atoms with Crippen molar-refractivity contribution in [2.24, 2.45) is 0 Å². The van der Waals surface area contributed by atoms with Crippen LogP contribution in [0.4, 0.5) is 0 Å². The molecule has 2 aliphatic heterocycles. The average Bonchev–Trinajstić information content (AvgIpc) is 3.39. The molecule has 2 aromatic carbocycles. The highest BCUT2D eigenvalue weighted by Crippen LogP contribution is 2.29. The summed E-state index contributed by atoms with van der Waals surface area (Å²) in [4.78, 5) is 17.5. The number of nitrogens with zero attached hydrogens (tertiary/aromatic N) is 2. The van der Waals surface area contributed by atoms with Gasteiger partial charge in [0.05, 0.1) is 13.2 Å². The van der Waals surface area contributed by atoms with Crippen molar-refractivity contribution in [3.8, 4) is 5.75 Å². The lowest BCUT2D eigenvalue weighted by atomic mass is 10.1. The maximum absolute atomic E-state index is 13.2. The van der Waals surface area contributed by atoms with Gasteiger partial charge in [-0.2, -0.15) is 0 Å². The number of rotatable bonds is 5. The van der Waals surface area contributed by atoms with Crippen molar-refractivity contribution in [1.29, 1.82) is 0 Å². The van der Waals surface area contributed by atoms with E-state index in [-0.39, 0.29) is 5.91 Å². The number of fused-ring (bicyclic) bond motifs is 2. The number of amides is 1. The lowest BCUT2D eigenvalue weighted by Gasteiger charge is -2.34. The normalized spacial score (nSPS) is 16.6. The first-order valence-electron chi connectivity index (χ1n) is 10.5. The number of ether oxygens (including phenoxy) is 2. The van der Waals surface area contributed by atoms with E-state index in [9.17, 15) is 4.79 Å². The Labute approximate surface area is 176 Å². The van der Waals surface area contributed by atoms with E-state index < -0.39 is 0 Å². The second-order valence-corrected chi connectivity index (χ2v) is 7.95. The maximum Gasteiger partial charge on any atom is 0.290 e. The van der Waals surface area contributed by atoms with Crippen molar-refractivity contribution in [2.75, 3.05) is 39.9 Å². The van der Waals surface area contributed by atoms with Crippen LogP contribution in [0.3, 0.4) is 0 Å². The summed E-state index contributed by atoms with van der Waals surface area (Å²) in [6.45, 7) is 5.12. The topological polar surface area (TPSA) is 55.2 Å². The number of hydrogen-bond donors (Lipinski definition) is 0. The predicted octanol–water partition coefficient (Wildman–Crippen LogP) is 3.47. The van der Waals surface area contributed by atoms with Gasteiger partial charge in [-0.05, 0) is 23.3 Å². The zero-order valence-electron chi connectivity index (χ0n) is 17.2. The molecule has 0 radical (unpaired) electrons. The minimum Gasteiger partial charge on any atom is -0.493 e. The highest BCUT2D eigenvalue weighted by atomic mass is 16.5. The minimum absolute atomic E-state index is 0.0485. The Balaban J connectivity index is 1.26. The molecule has 0 N–H and O–H groups in total. The molecule has 0 aliphatic carbocycles. The smallest absolute Gasteiger partial charge is 0.290 e. The third-order valence-electron chi connectivity index (χ3n) is 6.00. The Morgan fingerprint density at radius 3 is 2.77 bits per heavy atom. The standard InChI is InChI=1S/C24H26N2O4/c1-28-16-20-19-4-2-3-5-22(19)30-23(20)24(27)26-11-9-25(10-12-26)15-17-6-7-21-18(14-17)8-13-29-21/h2-7,14H,8-13,15-16H2,1H3. The van der Waals surface area contributed by atoms with Crippen LogP contribution < -0.4 is 4.74 Å². The van der Waals surface area contributed by atoms with Crippen LogP contribution in [0, 0.1) is 0 Å². The molecule has 5 rings (SSSR count). The molecule has 0 atom stereocenters. The van der Waals surface area contributed by atoms with E-state index in [2.05, 4.69) is 23.1 Å². The number of piperazine rings is 1. The van der Waals surface area contributed by atoms with Crippen molar-refractivity contribution >= 4 is 16.9 Å². The van der Waals surface area contributed by atoms with Crippen LogP contribution in [0.25, 0.3) is 11.0 Å². The molecule has 1 saturated heterocycles. The fourth-order valence-electron chi connectivity index (χ4n) is 4.41. The van der Waals surface area contributed by atoms with Crippen LogP contribution in [-0.2, 0) is 24.3 Å². The van der Waals surface area contributed by atoms with Gasteiger partial charge in [0.1, 0.15) is 11.3 Å². The molecule has 6 heteroatoms. The molecule has 1 fully saturated rings. The van der Waals surface area contributed by atoms with Crippen LogP contribution in [0.5, 0.6) is 5.75 Å². The summed E-state index contributed by atoms with van der Waals surface area (Å²) in [5.41, 5.74) is 4.17. The third kappa shape index (κ3) is 3.57. The zero-order chi connectivity index (χ0) is 20.5. The van der Waals surface area contributed by atoms with Crippen LogP contribution in [0.1, 0.15) is 27.2 Å². The summed E-state index contributed by atoms with van der Waals surface area (Å²) in [5.74, 6) is 1.38. The van der Waals surface area contributed by atoms with Gasteiger partial charge in [0.25, 0.3) is 5.91 Å². The van der Waals surface area contributed by atoms with Gasteiger partial charge in [-0.1, -0.05) is 30.3 Å². The van der Waals surface area contributed by atoms with Crippen molar-refractivity contribution in [3.63, 3.8) is 0 Å². The number of furan rings is 1. The van der Waals surface area contributed by atoms with Crippen molar-refractivity contribution < 1.29 is 18.7 Å². The summed E-state index contributed by atoms with van der Waals surface area (Å²) < 4.78 is 16.9. The SMILES string of the molecule is COCc1c(C(=O)N2CCN(Cc3ccc4c(c3)CCO4)CC2)oc2ccccc12. The highest BCUT2D eigenvalue weighted by molar-refractivity contribution is 5.99. The van der Waals surface area contributed by atoms with Crippen LogP contribution in [0.2, 0.25) is 0 Å². The second-order valence-electron chi connectivity index (χ2n) is 7.95. The van der Waals surface area contributed by atoms with E-state index in [0.29, 0.717) is 25.5 Å². The molecular formula is C24H26N2O4. The Morgan fingerprint density at radius 1 is 1.10 bits per heavy atom. The van der Waals surface area contributed by atoms with Gasteiger partial charge in [0.2, 0.25) is 0 Å². The molecule has 156 valence electrons. The largest absolute Gasteiger partial charge is 0.493 e. The van der Waals surface area contributed by atoms with E-state index >= 15 is 0 Å². The number of para-hydroxylation sites is 1. The number of benzene rings is 2. The quantitative estimate of drug-likeness (QED) is 0.649. The molecule has 0 bridgehead atoms. The van der Waals surface area contributed by atoms with Crippen molar-refractivity contribution in [3.05, 3.63) is 64.9 Å². The molecule has 1 aromatic heterocycles. The Morgan fingerprint density at radius 2 is 1.93 bits per heavy atom. The van der Waals surface area contributed by atoms with Gasteiger partial charge in [-0.3, -0.25) is 9.69 Å². The second kappa shape index (κ2) is 8.13. The van der Waals surface area contributed by atoms with Gasteiger partial charge in [0.15, 0.2) is 5.76 Å². The van der Waals surface area contributed by atoms with Crippen molar-refractivity contribution in [2.45, 2.75) is 19.6 Å². The molecule has 6 nitrogen and oxygen atoms in total. The molecule has 1 amide bonds.